The second-order valence-electron chi connectivity index (χ2n) is 6.48. The largest absolute Gasteiger partial charge is 0.350 e. The number of nitrogens with zero attached hydrogens (tertiary/aromatic N) is 1. The Morgan fingerprint density at radius 3 is 2.14 bits per heavy atom. The number of imide groups is 1. The Morgan fingerprint density at radius 2 is 1.46 bits per heavy atom. The van der Waals surface area contributed by atoms with E-state index in [4.69, 9.17) is 11.6 Å². The molecule has 28 heavy (non-hydrogen) atoms. The number of halogens is 1. The zero-order chi connectivity index (χ0) is 19.7. The van der Waals surface area contributed by atoms with Crippen LogP contribution in [0.25, 0.3) is 5.57 Å². The van der Waals surface area contributed by atoms with Crippen LogP contribution in [-0.4, -0.2) is 11.8 Å². The summed E-state index contributed by atoms with van der Waals surface area (Å²) in [5.74, 6) is -0.780. The molecule has 1 aliphatic rings. The van der Waals surface area contributed by atoms with Gasteiger partial charge in [-0.2, -0.15) is 0 Å². The first-order valence-corrected chi connectivity index (χ1v) is 9.21. The van der Waals surface area contributed by atoms with Crippen molar-refractivity contribution in [2.24, 2.45) is 0 Å². The van der Waals surface area contributed by atoms with Gasteiger partial charge in [-0.3, -0.25) is 9.59 Å². The van der Waals surface area contributed by atoms with Crippen molar-refractivity contribution in [1.82, 2.24) is 0 Å². The molecule has 5 heteroatoms. The predicted octanol–water partition coefficient (Wildman–Crippen LogP) is 5.05. The summed E-state index contributed by atoms with van der Waals surface area (Å²) >= 11 is 6.13. The lowest BCUT2D eigenvalue weighted by Crippen LogP contribution is -2.33. The van der Waals surface area contributed by atoms with E-state index in [-0.39, 0.29) is 11.6 Å². The summed E-state index contributed by atoms with van der Waals surface area (Å²) in [4.78, 5) is 27.8. The molecule has 0 saturated carbocycles. The van der Waals surface area contributed by atoms with Crippen molar-refractivity contribution in [3.8, 4) is 0 Å². The Bertz CT molecular complexity index is 1090. The molecular weight excluding hydrogens is 372 g/mol. The lowest BCUT2D eigenvalue weighted by atomic mass is 10.0. The summed E-state index contributed by atoms with van der Waals surface area (Å²) in [5.41, 5.74) is 3.29. The molecule has 0 unspecified atom stereocenters. The number of carbonyl (C=O) groups excluding carboxylic acids is 2. The standard InChI is InChI=1S/C23H17ClN2O2/c1-15-12-13-17(24)14-19(15)26-22(27)20(16-8-4-2-5-9-16)21(23(26)28)25-18-10-6-3-7-11-18/h2-14,25H,1H3. The Balaban J connectivity index is 1.85. The van der Waals surface area contributed by atoms with Crippen LogP contribution in [0.15, 0.2) is 84.6 Å². The normalized spacial score (nSPS) is 14.0. The Kier molecular flexibility index (Phi) is 4.72. The number of nitrogens with one attached hydrogen (secondary N) is 1. The second kappa shape index (κ2) is 7.33. The molecule has 1 N–H and O–H groups in total. The van der Waals surface area contributed by atoms with E-state index < -0.39 is 5.91 Å². The molecule has 3 aromatic rings. The van der Waals surface area contributed by atoms with Gasteiger partial charge in [0.25, 0.3) is 11.8 Å². The van der Waals surface area contributed by atoms with E-state index in [2.05, 4.69) is 5.32 Å². The van der Waals surface area contributed by atoms with Crippen LogP contribution in [0.5, 0.6) is 0 Å². The average molecular weight is 389 g/mol. The minimum atomic E-state index is -0.405. The molecule has 0 atom stereocenters. The third-order valence-corrected chi connectivity index (χ3v) is 4.84. The number of carbonyl (C=O) groups is 2. The van der Waals surface area contributed by atoms with Crippen molar-refractivity contribution in [2.75, 3.05) is 10.2 Å². The molecule has 1 heterocycles. The Morgan fingerprint density at radius 1 is 0.821 bits per heavy atom. The second-order valence-corrected chi connectivity index (χ2v) is 6.92. The van der Waals surface area contributed by atoms with E-state index in [1.807, 2.05) is 67.6 Å². The van der Waals surface area contributed by atoms with Gasteiger partial charge in [0.05, 0.1) is 11.3 Å². The molecule has 0 radical (unpaired) electrons. The molecule has 0 fully saturated rings. The van der Waals surface area contributed by atoms with Gasteiger partial charge in [0, 0.05) is 10.7 Å². The van der Waals surface area contributed by atoms with Gasteiger partial charge in [0.2, 0.25) is 0 Å². The van der Waals surface area contributed by atoms with Crippen molar-refractivity contribution < 1.29 is 9.59 Å². The Hall–Kier alpha value is -3.37. The topological polar surface area (TPSA) is 49.4 Å². The van der Waals surface area contributed by atoms with Crippen molar-refractivity contribution in [1.29, 1.82) is 0 Å². The molecule has 3 aromatic carbocycles. The van der Waals surface area contributed by atoms with Crippen LogP contribution in [0.4, 0.5) is 11.4 Å². The van der Waals surface area contributed by atoms with Gasteiger partial charge in [-0.15, -0.1) is 0 Å². The van der Waals surface area contributed by atoms with Crippen molar-refractivity contribution in [2.45, 2.75) is 6.92 Å². The van der Waals surface area contributed by atoms with Crippen molar-refractivity contribution in [3.05, 3.63) is 101 Å². The molecule has 4 nitrogen and oxygen atoms in total. The summed E-state index contributed by atoms with van der Waals surface area (Å²) in [6.45, 7) is 1.84. The van der Waals surface area contributed by atoms with Gasteiger partial charge in [-0.1, -0.05) is 66.2 Å². The average Bonchev–Trinajstić information content (AvgIpc) is 2.95. The third-order valence-electron chi connectivity index (χ3n) is 4.60. The number of hydrogen-bond acceptors (Lipinski definition) is 3. The fraction of sp³-hybridized carbons (Fsp3) is 0.0435. The molecule has 1 aliphatic heterocycles. The highest BCUT2D eigenvalue weighted by molar-refractivity contribution is 6.46. The minimum Gasteiger partial charge on any atom is -0.350 e. The molecule has 2 amide bonds. The fourth-order valence-electron chi connectivity index (χ4n) is 3.23. The van der Waals surface area contributed by atoms with Crippen LogP contribution in [0, 0.1) is 6.92 Å². The summed E-state index contributed by atoms with van der Waals surface area (Å²) in [5, 5.41) is 3.60. The molecule has 138 valence electrons. The molecule has 0 spiro atoms. The van der Waals surface area contributed by atoms with E-state index >= 15 is 0 Å². The van der Waals surface area contributed by atoms with Gasteiger partial charge >= 0.3 is 0 Å². The number of anilines is 2. The smallest absolute Gasteiger partial charge is 0.282 e. The molecular formula is C23H17ClN2O2. The summed E-state index contributed by atoms with van der Waals surface area (Å²) in [6.07, 6.45) is 0. The first kappa shape index (κ1) is 18.0. The number of benzene rings is 3. The number of para-hydroxylation sites is 1. The van der Waals surface area contributed by atoms with E-state index in [0.29, 0.717) is 21.8 Å². The minimum absolute atomic E-state index is 0.252. The number of hydrogen-bond donors (Lipinski definition) is 1. The lowest BCUT2D eigenvalue weighted by molar-refractivity contribution is -0.120. The van der Waals surface area contributed by atoms with Crippen LogP contribution in [0.1, 0.15) is 11.1 Å². The molecule has 4 rings (SSSR count). The highest BCUT2D eigenvalue weighted by Gasteiger charge is 2.40. The lowest BCUT2D eigenvalue weighted by Gasteiger charge is -2.18. The SMILES string of the molecule is Cc1ccc(Cl)cc1N1C(=O)C(Nc2ccccc2)=C(c2ccccc2)C1=O. The number of amides is 2. The molecule has 0 bridgehead atoms. The maximum atomic E-state index is 13.3. The Labute approximate surface area is 168 Å². The van der Waals surface area contributed by atoms with Gasteiger partial charge in [-0.25, -0.2) is 4.90 Å². The highest BCUT2D eigenvalue weighted by Crippen LogP contribution is 2.35. The number of aryl methyl sites for hydroxylation is 1. The maximum absolute atomic E-state index is 13.3. The van der Waals surface area contributed by atoms with E-state index in [1.165, 1.54) is 4.90 Å². The van der Waals surface area contributed by atoms with Gasteiger partial charge in [0.1, 0.15) is 5.70 Å². The van der Waals surface area contributed by atoms with Crippen LogP contribution < -0.4 is 10.2 Å². The van der Waals surface area contributed by atoms with E-state index in [0.717, 1.165) is 11.3 Å². The van der Waals surface area contributed by atoms with E-state index in [1.54, 1.807) is 18.2 Å². The van der Waals surface area contributed by atoms with Crippen LogP contribution in [-0.2, 0) is 9.59 Å². The quantitative estimate of drug-likeness (QED) is 0.636. The van der Waals surface area contributed by atoms with Crippen molar-refractivity contribution in [3.63, 3.8) is 0 Å². The highest BCUT2D eigenvalue weighted by atomic mass is 35.5. The van der Waals surface area contributed by atoms with Crippen LogP contribution in [0.2, 0.25) is 5.02 Å². The zero-order valence-corrected chi connectivity index (χ0v) is 15.9. The molecule has 0 saturated heterocycles. The predicted molar refractivity (Wildman–Crippen MR) is 112 cm³/mol. The monoisotopic (exact) mass is 388 g/mol. The fourth-order valence-corrected chi connectivity index (χ4v) is 3.39. The molecule has 0 aliphatic carbocycles. The van der Waals surface area contributed by atoms with Crippen LogP contribution >= 0.6 is 11.6 Å². The summed E-state index contributed by atoms with van der Waals surface area (Å²) in [7, 11) is 0. The number of rotatable bonds is 4. The summed E-state index contributed by atoms with van der Waals surface area (Å²) in [6, 6.07) is 23.7. The van der Waals surface area contributed by atoms with Gasteiger partial charge in [0.15, 0.2) is 0 Å². The van der Waals surface area contributed by atoms with Crippen molar-refractivity contribution >= 4 is 40.4 Å². The van der Waals surface area contributed by atoms with Gasteiger partial charge < -0.3 is 5.32 Å². The first-order valence-electron chi connectivity index (χ1n) is 8.83. The summed E-state index contributed by atoms with van der Waals surface area (Å²) < 4.78 is 0. The molecule has 0 aromatic heterocycles. The van der Waals surface area contributed by atoms with Gasteiger partial charge in [-0.05, 0) is 42.3 Å². The third kappa shape index (κ3) is 3.19. The maximum Gasteiger partial charge on any atom is 0.282 e. The van der Waals surface area contributed by atoms with E-state index in [9.17, 15) is 9.59 Å². The van der Waals surface area contributed by atoms with Crippen LogP contribution in [0.3, 0.4) is 0 Å². The first-order chi connectivity index (χ1) is 13.6. The zero-order valence-electron chi connectivity index (χ0n) is 15.1.